The summed E-state index contributed by atoms with van der Waals surface area (Å²) in [5.74, 6) is -0.0508. The molecule has 0 aliphatic carbocycles. The van der Waals surface area contributed by atoms with Crippen LogP contribution in [0.15, 0.2) is 36.7 Å². The summed E-state index contributed by atoms with van der Waals surface area (Å²) in [4.78, 5) is 12.4. The lowest BCUT2D eigenvalue weighted by Crippen LogP contribution is -2.38. The van der Waals surface area contributed by atoms with Crippen molar-refractivity contribution in [3.8, 4) is 0 Å². The van der Waals surface area contributed by atoms with Gasteiger partial charge in [0.2, 0.25) is 5.91 Å². The number of aryl methyl sites for hydroxylation is 1. The Hall–Kier alpha value is -2.14. The molecular formula is C15H18N4O. The molecule has 1 amide bonds. The molecule has 2 heterocycles. The molecule has 1 atom stereocenters. The van der Waals surface area contributed by atoms with Gasteiger partial charge in [-0.05, 0) is 11.1 Å². The monoisotopic (exact) mass is 270 g/mol. The number of nitrogens with zero attached hydrogens (tertiary/aromatic N) is 2. The molecule has 1 aromatic heterocycles. The minimum absolute atomic E-state index is 0.0634. The molecule has 20 heavy (non-hydrogen) atoms. The van der Waals surface area contributed by atoms with Crippen molar-refractivity contribution >= 4 is 5.91 Å². The van der Waals surface area contributed by atoms with Gasteiger partial charge in [-0.15, -0.1) is 0 Å². The number of fused-ring (bicyclic) bond motifs is 1. The van der Waals surface area contributed by atoms with Crippen LogP contribution in [0.2, 0.25) is 0 Å². The molecule has 0 saturated carbocycles. The van der Waals surface area contributed by atoms with Gasteiger partial charge >= 0.3 is 0 Å². The number of rotatable bonds is 3. The molecule has 0 fully saturated rings. The molecule has 1 aliphatic heterocycles. The maximum Gasteiger partial charge on any atom is 0.229 e. The first-order chi connectivity index (χ1) is 9.74. The van der Waals surface area contributed by atoms with Crippen LogP contribution in [0.25, 0.3) is 0 Å². The van der Waals surface area contributed by atoms with E-state index in [0.29, 0.717) is 13.1 Å². The number of hydrogen-bond donors (Lipinski definition) is 2. The summed E-state index contributed by atoms with van der Waals surface area (Å²) in [6.07, 6.45) is 3.68. The Kier molecular flexibility index (Phi) is 3.52. The van der Waals surface area contributed by atoms with Crippen molar-refractivity contribution in [2.45, 2.75) is 19.0 Å². The van der Waals surface area contributed by atoms with Gasteiger partial charge in [0.15, 0.2) is 0 Å². The second kappa shape index (κ2) is 5.46. The molecule has 104 valence electrons. The molecule has 0 radical (unpaired) electrons. The third-order valence-corrected chi connectivity index (χ3v) is 3.64. The molecule has 0 saturated heterocycles. The number of aromatic nitrogens is 2. The third-order valence-electron chi connectivity index (χ3n) is 3.64. The van der Waals surface area contributed by atoms with E-state index in [9.17, 15) is 4.79 Å². The summed E-state index contributed by atoms with van der Waals surface area (Å²) in [6, 6.07) is 8.12. The van der Waals surface area contributed by atoms with E-state index in [1.54, 1.807) is 10.9 Å². The van der Waals surface area contributed by atoms with Crippen molar-refractivity contribution in [2.75, 3.05) is 6.54 Å². The van der Waals surface area contributed by atoms with Crippen molar-refractivity contribution in [1.29, 1.82) is 0 Å². The number of carbonyl (C=O) groups excluding carboxylic acids is 1. The van der Waals surface area contributed by atoms with E-state index in [-0.39, 0.29) is 11.8 Å². The lowest BCUT2D eigenvalue weighted by Gasteiger charge is -2.25. The van der Waals surface area contributed by atoms with Crippen LogP contribution in [0.5, 0.6) is 0 Å². The van der Waals surface area contributed by atoms with Crippen molar-refractivity contribution in [1.82, 2.24) is 20.4 Å². The zero-order valence-electron chi connectivity index (χ0n) is 11.5. The highest BCUT2D eigenvalue weighted by Gasteiger charge is 2.25. The van der Waals surface area contributed by atoms with Crippen LogP contribution in [0.1, 0.15) is 22.6 Å². The van der Waals surface area contributed by atoms with Crippen LogP contribution in [0.4, 0.5) is 0 Å². The quantitative estimate of drug-likeness (QED) is 0.872. The van der Waals surface area contributed by atoms with Gasteiger partial charge in [-0.1, -0.05) is 24.3 Å². The van der Waals surface area contributed by atoms with Crippen LogP contribution < -0.4 is 10.6 Å². The van der Waals surface area contributed by atoms with Gasteiger partial charge < -0.3 is 10.6 Å². The van der Waals surface area contributed by atoms with Gasteiger partial charge in [0, 0.05) is 38.4 Å². The fourth-order valence-electron chi connectivity index (χ4n) is 2.61. The standard InChI is InChI=1S/C15H18N4O/c1-19-10-11(7-18-19)6-17-15(20)14-9-16-8-12-4-2-3-5-13(12)14/h2-5,7,10,14,16H,6,8-9H2,1H3,(H,17,20). The normalized spacial score (nSPS) is 17.6. The first kappa shape index (κ1) is 12.9. The topological polar surface area (TPSA) is 59.0 Å². The lowest BCUT2D eigenvalue weighted by atomic mass is 9.90. The molecule has 0 bridgehead atoms. The molecule has 2 aromatic rings. The molecular weight excluding hydrogens is 252 g/mol. The number of hydrogen-bond acceptors (Lipinski definition) is 3. The Balaban J connectivity index is 1.69. The van der Waals surface area contributed by atoms with Crippen LogP contribution in [0, 0.1) is 0 Å². The summed E-state index contributed by atoms with van der Waals surface area (Å²) < 4.78 is 1.74. The summed E-state index contributed by atoms with van der Waals surface area (Å²) >= 11 is 0. The van der Waals surface area contributed by atoms with Gasteiger partial charge in [-0.25, -0.2) is 0 Å². The predicted octanol–water partition coefficient (Wildman–Crippen LogP) is 0.923. The van der Waals surface area contributed by atoms with E-state index in [4.69, 9.17) is 0 Å². The minimum atomic E-state index is -0.114. The first-order valence-electron chi connectivity index (χ1n) is 6.78. The Morgan fingerprint density at radius 2 is 2.35 bits per heavy atom. The zero-order chi connectivity index (χ0) is 13.9. The highest BCUT2D eigenvalue weighted by molar-refractivity contribution is 5.84. The largest absolute Gasteiger partial charge is 0.351 e. The Morgan fingerprint density at radius 3 is 3.15 bits per heavy atom. The van der Waals surface area contributed by atoms with Crippen LogP contribution >= 0.6 is 0 Å². The van der Waals surface area contributed by atoms with Crippen molar-refractivity contribution in [3.05, 3.63) is 53.3 Å². The third kappa shape index (κ3) is 2.58. The van der Waals surface area contributed by atoms with Gasteiger partial charge in [0.25, 0.3) is 0 Å². The highest BCUT2D eigenvalue weighted by Crippen LogP contribution is 2.23. The van der Waals surface area contributed by atoms with E-state index in [1.165, 1.54) is 5.56 Å². The Bertz CT molecular complexity index is 620. The van der Waals surface area contributed by atoms with Crippen LogP contribution in [0.3, 0.4) is 0 Å². The van der Waals surface area contributed by atoms with Crippen LogP contribution in [-0.4, -0.2) is 22.2 Å². The summed E-state index contributed by atoms with van der Waals surface area (Å²) in [5.41, 5.74) is 3.35. The highest BCUT2D eigenvalue weighted by atomic mass is 16.1. The SMILES string of the molecule is Cn1cc(CNC(=O)C2CNCc3ccccc32)cn1. The molecule has 5 nitrogen and oxygen atoms in total. The average molecular weight is 270 g/mol. The summed E-state index contributed by atoms with van der Waals surface area (Å²) in [6.45, 7) is 2.05. The van der Waals surface area contributed by atoms with E-state index >= 15 is 0 Å². The average Bonchev–Trinajstić information content (AvgIpc) is 2.90. The lowest BCUT2D eigenvalue weighted by molar-refractivity contribution is -0.122. The van der Waals surface area contributed by atoms with Crippen molar-refractivity contribution in [2.24, 2.45) is 7.05 Å². The molecule has 2 N–H and O–H groups in total. The van der Waals surface area contributed by atoms with Crippen molar-refractivity contribution in [3.63, 3.8) is 0 Å². The molecule has 3 rings (SSSR count). The maximum atomic E-state index is 12.4. The molecule has 1 aromatic carbocycles. The Labute approximate surface area is 118 Å². The zero-order valence-corrected chi connectivity index (χ0v) is 11.5. The van der Waals surface area contributed by atoms with Gasteiger partial charge in [0.05, 0.1) is 12.1 Å². The second-order valence-corrected chi connectivity index (χ2v) is 5.12. The molecule has 1 unspecified atom stereocenters. The Morgan fingerprint density at radius 1 is 1.50 bits per heavy atom. The van der Waals surface area contributed by atoms with E-state index < -0.39 is 0 Å². The van der Waals surface area contributed by atoms with E-state index in [2.05, 4.69) is 21.8 Å². The smallest absolute Gasteiger partial charge is 0.229 e. The number of benzene rings is 1. The van der Waals surface area contributed by atoms with Crippen LogP contribution in [-0.2, 0) is 24.9 Å². The van der Waals surface area contributed by atoms with E-state index in [0.717, 1.165) is 17.7 Å². The van der Waals surface area contributed by atoms with Gasteiger partial charge in [-0.3, -0.25) is 9.48 Å². The number of carbonyl (C=O) groups is 1. The minimum Gasteiger partial charge on any atom is -0.351 e. The number of nitrogens with one attached hydrogen (secondary N) is 2. The molecule has 5 heteroatoms. The number of amides is 1. The van der Waals surface area contributed by atoms with Gasteiger partial charge in [0.1, 0.15) is 0 Å². The summed E-state index contributed by atoms with van der Waals surface area (Å²) in [7, 11) is 1.87. The fraction of sp³-hybridized carbons (Fsp3) is 0.333. The fourth-order valence-corrected chi connectivity index (χ4v) is 2.61. The second-order valence-electron chi connectivity index (χ2n) is 5.12. The predicted molar refractivity (Wildman–Crippen MR) is 75.9 cm³/mol. The molecule has 0 spiro atoms. The molecule has 1 aliphatic rings. The van der Waals surface area contributed by atoms with E-state index in [1.807, 2.05) is 31.4 Å². The first-order valence-corrected chi connectivity index (χ1v) is 6.78. The maximum absolute atomic E-state index is 12.4. The summed E-state index contributed by atoms with van der Waals surface area (Å²) in [5, 5.41) is 10.4. The van der Waals surface area contributed by atoms with Crippen molar-refractivity contribution < 1.29 is 4.79 Å². The van der Waals surface area contributed by atoms with Gasteiger partial charge in [-0.2, -0.15) is 5.10 Å².